The van der Waals surface area contributed by atoms with E-state index in [1.165, 1.54) is 124 Å². The van der Waals surface area contributed by atoms with Crippen LogP contribution in [0.2, 0.25) is 0 Å². The van der Waals surface area contributed by atoms with Crippen LogP contribution in [0, 0.1) is 0 Å². The van der Waals surface area contributed by atoms with Crippen LogP contribution in [0.1, 0.15) is 89.0 Å². The Morgan fingerprint density at radius 3 is 1.74 bits per heavy atom. The monoisotopic (exact) mass is 597 g/mol. The average Bonchev–Trinajstić information content (AvgIpc) is 2.68. The molecule has 156 valence electrons. The highest BCUT2D eigenvalue weighted by atomic mass is 127. The lowest BCUT2D eigenvalue weighted by Crippen LogP contribution is -3.00. The lowest BCUT2D eigenvalue weighted by molar-refractivity contribution is -0.945. The van der Waals surface area contributed by atoms with Gasteiger partial charge in [0.2, 0.25) is 0 Å². The summed E-state index contributed by atoms with van der Waals surface area (Å²) in [5.41, 5.74) is 1.54. The third-order valence-corrected chi connectivity index (χ3v) is 6.90. The van der Waals surface area contributed by atoms with Crippen molar-refractivity contribution in [3.05, 3.63) is 35.9 Å². The van der Waals surface area contributed by atoms with Gasteiger partial charge in [0, 0.05) is 5.56 Å². The molecule has 1 saturated heterocycles. The molecule has 0 radical (unpaired) electrons. The zero-order chi connectivity index (χ0) is 18.3. The van der Waals surface area contributed by atoms with Crippen LogP contribution in [0.25, 0.3) is 0 Å². The molecule has 1 aliphatic heterocycles. The molecule has 1 heterocycles. The molecule has 0 amide bonds. The predicted molar refractivity (Wildman–Crippen MR) is 124 cm³/mol. The van der Waals surface area contributed by atoms with Gasteiger partial charge in [-0.15, -0.1) is 0 Å². The van der Waals surface area contributed by atoms with Crippen LogP contribution in [0.4, 0.5) is 0 Å². The van der Waals surface area contributed by atoms with Crippen molar-refractivity contribution >= 4 is 22.6 Å². The molecule has 1 aliphatic rings. The van der Waals surface area contributed by atoms with E-state index in [-0.39, 0.29) is 24.0 Å². The fourth-order valence-electron chi connectivity index (χ4n) is 4.57. The van der Waals surface area contributed by atoms with Crippen LogP contribution < -0.4 is 24.0 Å². The molecule has 0 aromatic heterocycles. The highest BCUT2D eigenvalue weighted by molar-refractivity contribution is 14.1. The molecule has 2 rings (SSSR count). The Morgan fingerprint density at radius 1 is 0.667 bits per heavy atom. The highest BCUT2D eigenvalue weighted by Gasteiger charge is 2.29. The predicted octanol–water partition coefficient (Wildman–Crippen LogP) is 4.53. The molecular formula is C24H41I2N. The normalized spacial score (nSPS) is 16.0. The number of alkyl halides is 1. The Bertz CT molecular complexity index is 443. The van der Waals surface area contributed by atoms with E-state index in [2.05, 4.69) is 52.9 Å². The van der Waals surface area contributed by atoms with Gasteiger partial charge in [-0.3, -0.25) is 0 Å². The standard InChI is InChI=1S/C24H41IN.HI/c25-19-13-7-5-3-1-2-4-6-8-14-20-26(21-15-10-16-22-26)23-24-17-11-9-12-18-24;/h9,11-12,17-18H,1-8,10,13-16,19-23H2;1H/q+1;/p-1. The number of hydrogen-bond acceptors (Lipinski definition) is 0. The minimum Gasteiger partial charge on any atom is -1.00 e. The molecule has 1 aromatic carbocycles. The molecule has 0 N–H and O–H groups in total. The van der Waals surface area contributed by atoms with E-state index < -0.39 is 0 Å². The van der Waals surface area contributed by atoms with E-state index in [1.807, 2.05) is 0 Å². The van der Waals surface area contributed by atoms with E-state index in [0.29, 0.717) is 0 Å². The fourth-order valence-corrected chi connectivity index (χ4v) is 5.11. The lowest BCUT2D eigenvalue weighted by atomic mass is 10.0. The molecule has 0 saturated carbocycles. The first kappa shape index (κ1) is 25.7. The minimum absolute atomic E-state index is 0. The van der Waals surface area contributed by atoms with Gasteiger partial charge >= 0.3 is 0 Å². The van der Waals surface area contributed by atoms with Crippen molar-refractivity contribution in [3.63, 3.8) is 0 Å². The number of quaternary nitrogens is 1. The van der Waals surface area contributed by atoms with Crippen LogP contribution >= 0.6 is 22.6 Å². The second kappa shape index (κ2) is 16.4. The highest BCUT2D eigenvalue weighted by Crippen LogP contribution is 2.24. The van der Waals surface area contributed by atoms with Crippen molar-refractivity contribution in [2.24, 2.45) is 0 Å². The Labute approximate surface area is 199 Å². The molecule has 27 heavy (non-hydrogen) atoms. The van der Waals surface area contributed by atoms with E-state index in [1.54, 1.807) is 0 Å². The maximum Gasteiger partial charge on any atom is 0.104 e. The number of likely N-dealkylation sites (tertiary alicyclic amines) is 1. The summed E-state index contributed by atoms with van der Waals surface area (Å²) < 4.78 is 2.70. The molecule has 0 bridgehead atoms. The van der Waals surface area contributed by atoms with Crippen LogP contribution in [-0.4, -0.2) is 28.5 Å². The number of unbranched alkanes of at least 4 members (excludes halogenated alkanes) is 9. The van der Waals surface area contributed by atoms with Crippen molar-refractivity contribution in [1.82, 2.24) is 0 Å². The maximum absolute atomic E-state index is 2.50. The first-order valence-electron chi connectivity index (χ1n) is 11.3. The summed E-state index contributed by atoms with van der Waals surface area (Å²) in [6, 6.07) is 11.2. The molecular weight excluding hydrogens is 556 g/mol. The molecule has 1 fully saturated rings. The summed E-state index contributed by atoms with van der Waals surface area (Å²) in [5, 5.41) is 0. The molecule has 0 spiro atoms. The number of nitrogens with zero attached hydrogens (tertiary/aromatic N) is 1. The Morgan fingerprint density at radius 2 is 1.19 bits per heavy atom. The van der Waals surface area contributed by atoms with Crippen molar-refractivity contribution in [1.29, 1.82) is 0 Å². The second-order valence-electron chi connectivity index (χ2n) is 8.44. The largest absolute Gasteiger partial charge is 1.00 e. The number of benzene rings is 1. The summed E-state index contributed by atoms with van der Waals surface area (Å²) in [5.74, 6) is 0. The van der Waals surface area contributed by atoms with Crippen LogP contribution in [0.3, 0.4) is 0 Å². The maximum atomic E-state index is 2.50. The molecule has 0 atom stereocenters. The molecule has 3 heteroatoms. The first-order chi connectivity index (χ1) is 12.8. The van der Waals surface area contributed by atoms with E-state index in [4.69, 9.17) is 0 Å². The van der Waals surface area contributed by atoms with Gasteiger partial charge < -0.3 is 28.5 Å². The second-order valence-corrected chi connectivity index (χ2v) is 9.52. The van der Waals surface area contributed by atoms with Crippen LogP contribution in [0.15, 0.2) is 30.3 Å². The number of rotatable bonds is 14. The number of piperidine rings is 1. The van der Waals surface area contributed by atoms with Crippen molar-refractivity contribution < 1.29 is 28.5 Å². The molecule has 1 nitrogen and oxygen atoms in total. The molecule has 0 unspecified atom stereocenters. The van der Waals surface area contributed by atoms with Gasteiger partial charge in [-0.2, -0.15) is 0 Å². The van der Waals surface area contributed by atoms with Gasteiger partial charge in [-0.1, -0.05) is 97.9 Å². The summed E-state index contributed by atoms with van der Waals surface area (Å²) in [6.45, 7) is 5.49. The molecule has 0 aliphatic carbocycles. The van der Waals surface area contributed by atoms with E-state index >= 15 is 0 Å². The minimum atomic E-state index is 0. The van der Waals surface area contributed by atoms with Gasteiger partial charge in [-0.25, -0.2) is 0 Å². The topological polar surface area (TPSA) is 0 Å². The quantitative estimate of drug-likeness (QED) is 0.128. The Hall–Kier alpha value is 0.640. The number of hydrogen-bond donors (Lipinski definition) is 0. The van der Waals surface area contributed by atoms with Gasteiger partial charge in [-0.05, 0) is 43.0 Å². The summed E-state index contributed by atoms with van der Waals surface area (Å²) >= 11 is 2.50. The Kier molecular flexibility index (Phi) is 15.6. The smallest absolute Gasteiger partial charge is 0.104 e. The zero-order valence-electron chi connectivity index (χ0n) is 17.3. The SMILES string of the molecule is ICCCCCCCCCCCC[N+]1(Cc2ccccc2)CCCCC1.[I-]. The van der Waals surface area contributed by atoms with Crippen LogP contribution in [0.5, 0.6) is 0 Å². The summed E-state index contributed by atoms with van der Waals surface area (Å²) in [7, 11) is 0. The zero-order valence-corrected chi connectivity index (χ0v) is 21.6. The summed E-state index contributed by atoms with van der Waals surface area (Å²) in [6.07, 6.45) is 18.9. The fraction of sp³-hybridized carbons (Fsp3) is 0.750. The van der Waals surface area contributed by atoms with Crippen molar-refractivity contribution in [3.8, 4) is 0 Å². The summed E-state index contributed by atoms with van der Waals surface area (Å²) in [4.78, 5) is 0. The third kappa shape index (κ3) is 11.4. The number of halogens is 2. The first-order valence-corrected chi connectivity index (χ1v) is 12.8. The Balaban J connectivity index is 0.00000364. The van der Waals surface area contributed by atoms with Gasteiger partial charge in [0.15, 0.2) is 0 Å². The molecule has 1 aromatic rings. The third-order valence-electron chi connectivity index (χ3n) is 6.14. The van der Waals surface area contributed by atoms with Gasteiger partial charge in [0.05, 0.1) is 19.6 Å². The van der Waals surface area contributed by atoms with Crippen molar-refractivity contribution in [2.75, 3.05) is 24.1 Å². The van der Waals surface area contributed by atoms with E-state index in [0.717, 1.165) is 0 Å². The lowest BCUT2D eigenvalue weighted by Gasteiger charge is -2.42. The van der Waals surface area contributed by atoms with Crippen LogP contribution in [-0.2, 0) is 6.54 Å². The van der Waals surface area contributed by atoms with Crippen molar-refractivity contribution in [2.45, 2.75) is 90.0 Å². The van der Waals surface area contributed by atoms with Gasteiger partial charge in [0.25, 0.3) is 0 Å². The van der Waals surface area contributed by atoms with E-state index in [9.17, 15) is 0 Å². The van der Waals surface area contributed by atoms with Gasteiger partial charge in [0.1, 0.15) is 6.54 Å². The average molecular weight is 597 g/mol.